The number of nitrogens with zero attached hydrogens (tertiary/aromatic N) is 2. The summed E-state index contributed by atoms with van der Waals surface area (Å²) in [6.45, 7) is 1.15. The van der Waals surface area contributed by atoms with Crippen LogP contribution in [0.25, 0.3) is 0 Å². The van der Waals surface area contributed by atoms with Crippen molar-refractivity contribution in [1.29, 1.82) is 0 Å². The van der Waals surface area contributed by atoms with Crippen LogP contribution in [0.5, 0.6) is 5.75 Å². The summed E-state index contributed by atoms with van der Waals surface area (Å²) in [5, 5.41) is 4.22. The molecule has 21 heavy (non-hydrogen) atoms. The summed E-state index contributed by atoms with van der Waals surface area (Å²) >= 11 is 1.60. The van der Waals surface area contributed by atoms with Gasteiger partial charge in [-0.15, -0.1) is 11.8 Å². The predicted molar refractivity (Wildman–Crippen MR) is 80.9 cm³/mol. The molecule has 5 nitrogen and oxygen atoms in total. The second-order valence-electron chi connectivity index (χ2n) is 4.80. The van der Waals surface area contributed by atoms with E-state index in [1.165, 1.54) is 10.2 Å². The van der Waals surface area contributed by atoms with Crippen LogP contribution >= 0.6 is 11.8 Å². The van der Waals surface area contributed by atoms with Crippen molar-refractivity contribution in [1.82, 2.24) is 9.78 Å². The zero-order valence-corrected chi connectivity index (χ0v) is 12.5. The van der Waals surface area contributed by atoms with E-state index in [9.17, 15) is 4.79 Å². The molecule has 110 valence electrons. The maximum absolute atomic E-state index is 12.0. The van der Waals surface area contributed by atoms with Crippen molar-refractivity contribution in [2.75, 3.05) is 20.3 Å². The highest BCUT2D eigenvalue weighted by molar-refractivity contribution is 7.98. The number of rotatable bonds is 5. The zero-order valence-electron chi connectivity index (χ0n) is 11.7. The standard InChI is InChI=1S/C15H16N2O3S/c1-19-13-4-2-11(3-5-13)10-21-14-6-15(18)17(16-7-14)12-8-20-9-12/h2-7,12H,8-10H2,1H3. The first-order chi connectivity index (χ1) is 10.3. The number of ether oxygens (including phenoxy) is 2. The van der Waals surface area contributed by atoms with Gasteiger partial charge < -0.3 is 9.47 Å². The molecule has 1 saturated heterocycles. The summed E-state index contributed by atoms with van der Waals surface area (Å²) in [6.07, 6.45) is 1.74. The third kappa shape index (κ3) is 3.28. The number of thioether (sulfide) groups is 1. The first-order valence-electron chi connectivity index (χ1n) is 6.68. The topological polar surface area (TPSA) is 53.4 Å². The van der Waals surface area contributed by atoms with Gasteiger partial charge in [0.15, 0.2) is 0 Å². The highest BCUT2D eigenvalue weighted by Gasteiger charge is 2.22. The van der Waals surface area contributed by atoms with Gasteiger partial charge in [0.1, 0.15) is 11.8 Å². The predicted octanol–water partition coefficient (Wildman–Crippen LogP) is 2.12. The molecular formula is C15H16N2O3S. The third-order valence-electron chi connectivity index (χ3n) is 3.33. The smallest absolute Gasteiger partial charge is 0.268 e. The van der Waals surface area contributed by atoms with Crippen LogP contribution in [0.1, 0.15) is 11.6 Å². The van der Waals surface area contributed by atoms with Crippen molar-refractivity contribution in [2.45, 2.75) is 16.7 Å². The lowest BCUT2D eigenvalue weighted by atomic mass is 10.2. The summed E-state index contributed by atoms with van der Waals surface area (Å²) in [5.41, 5.74) is 1.11. The monoisotopic (exact) mass is 304 g/mol. The van der Waals surface area contributed by atoms with Gasteiger partial charge in [-0.3, -0.25) is 4.79 Å². The first-order valence-corrected chi connectivity index (χ1v) is 7.67. The molecule has 0 radical (unpaired) electrons. The van der Waals surface area contributed by atoms with E-state index < -0.39 is 0 Å². The molecule has 1 fully saturated rings. The number of aromatic nitrogens is 2. The molecule has 3 rings (SSSR count). The van der Waals surface area contributed by atoms with Gasteiger partial charge in [-0.2, -0.15) is 5.10 Å². The molecule has 0 saturated carbocycles. The fraction of sp³-hybridized carbons (Fsp3) is 0.333. The normalized spacial score (nSPS) is 14.7. The minimum absolute atomic E-state index is 0.0666. The minimum Gasteiger partial charge on any atom is -0.497 e. The van der Waals surface area contributed by atoms with Gasteiger partial charge in [0.05, 0.1) is 26.5 Å². The largest absolute Gasteiger partial charge is 0.497 e. The quantitative estimate of drug-likeness (QED) is 0.792. The Morgan fingerprint density at radius 3 is 2.71 bits per heavy atom. The molecule has 1 aliphatic heterocycles. The van der Waals surface area contributed by atoms with Gasteiger partial charge in [0.25, 0.3) is 5.56 Å². The maximum Gasteiger partial charge on any atom is 0.268 e. The van der Waals surface area contributed by atoms with E-state index in [0.717, 1.165) is 16.4 Å². The molecule has 2 heterocycles. The molecule has 2 aromatic rings. The second-order valence-corrected chi connectivity index (χ2v) is 5.85. The van der Waals surface area contributed by atoms with E-state index in [-0.39, 0.29) is 11.6 Å². The van der Waals surface area contributed by atoms with E-state index in [2.05, 4.69) is 5.10 Å². The molecule has 1 aliphatic rings. The van der Waals surface area contributed by atoms with Crippen molar-refractivity contribution in [3.8, 4) is 5.75 Å². The molecule has 0 bridgehead atoms. The molecule has 6 heteroatoms. The van der Waals surface area contributed by atoms with Gasteiger partial charge in [-0.05, 0) is 17.7 Å². The first kappa shape index (κ1) is 14.2. The Kier molecular flexibility index (Phi) is 4.26. The van der Waals surface area contributed by atoms with Crippen LogP contribution in [0.2, 0.25) is 0 Å². The van der Waals surface area contributed by atoms with E-state index >= 15 is 0 Å². The number of benzene rings is 1. The highest BCUT2D eigenvalue weighted by atomic mass is 32.2. The van der Waals surface area contributed by atoms with Crippen LogP contribution in [0, 0.1) is 0 Å². The van der Waals surface area contributed by atoms with Crippen molar-refractivity contribution in [2.24, 2.45) is 0 Å². The number of hydrogen-bond donors (Lipinski definition) is 0. The second kappa shape index (κ2) is 6.32. The molecule has 0 atom stereocenters. The molecule has 0 spiro atoms. The maximum atomic E-state index is 12.0. The lowest BCUT2D eigenvalue weighted by molar-refractivity contribution is -0.0309. The van der Waals surface area contributed by atoms with Crippen LogP contribution in [-0.4, -0.2) is 30.1 Å². The molecule has 1 aromatic carbocycles. The number of methoxy groups -OCH3 is 1. The Balaban J connectivity index is 1.64. The number of hydrogen-bond acceptors (Lipinski definition) is 5. The summed E-state index contributed by atoms with van der Waals surface area (Å²) in [7, 11) is 1.65. The highest BCUT2D eigenvalue weighted by Crippen LogP contribution is 2.23. The van der Waals surface area contributed by atoms with Crippen molar-refractivity contribution in [3.05, 3.63) is 52.4 Å². The van der Waals surface area contributed by atoms with Crippen LogP contribution in [0.15, 0.2) is 46.2 Å². The van der Waals surface area contributed by atoms with Gasteiger partial charge in [-0.25, -0.2) is 4.68 Å². The fourth-order valence-electron chi connectivity index (χ4n) is 2.01. The summed E-state index contributed by atoms with van der Waals surface area (Å²) in [6, 6.07) is 9.64. The minimum atomic E-state index is -0.0666. The van der Waals surface area contributed by atoms with E-state index in [0.29, 0.717) is 13.2 Å². The summed E-state index contributed by atoms with van der Waals surface area (Å²) in [4.78, 5) is 12.9. The Hall–Kier alpha value is -1.79. The lowest BCUT2D eigenvalue weighted by Gasteiger charge is -2.26. The summed E-state index contributed by atoms with van der Waals surface area (Å²) in [5.74, 6) is 1.64. The summed E-state index contributed by atoms with van der Waals surface area (Å²) < 4.78 is 11.7. The molecule has 0 N–H and O–H groups in total. The van der Waals surface area contributed by atoms with Gasteiger partial charge in [0, 0.05) is 16.7 Å². The van der Waals surface area contributed by atoms with E-state index in [4.69, 9.17) is 9.47 Å². The Morgan fingerprint density at radius 1 is 1.38 bits per heavy atom. The lowest BCUT2D eigenvalue weighted by Crippen LogP contribution is -2.38. The van der Waals surface area contributed by atoms with Gasteiger partial charge in [0.2, 0.25) is 0 Å². The van der Waals surface area contributed by atoms with E-state index in [1.54, 1.807) is 31.1 Å². The van der Waals surface area contributed by atoms with Crippen LogP contribution < -0.4 is 10.3 Å². The SMILES string of the molecule is COc1ccc(CSc2cnn(C3COC3)c(=O)c2)cc1. The van der Waals surface area contributed by atoms with E-state index in [1.807, 2.05) is 24.3 Å². The molecule has 0 amide bonds. The van der Waals surface area contributed by atoms with Crippen LogP contribution in [-0.2, 0) is 10.5 Å². The third-order valence-corrected chi connectivity index (χ3v) is 4.37. The zero-order chi connectivity index (χ0) is 14.7. The fourth-order valence-corrected chi connectivity index (χ4v) is 2.84. The Bertz CT molecular complexity index is 665. The molecule has 0 unspecified atom stereocenters. The van der Waals surface area contributed by atoms with Crippen molar-refractivity contribution < 1.29 is 9.47 Å². The molecule has 0 aliphatic carbocycles. The average molecular weight is 304 g/mol. The molecule has 1 aromatic heterocycles. The average Bonchev–Trinajstić information content (AvgIpc) is 2.46. The van der Waals surface area contributed by atoms with Crippen molar-refractivity contribution >= 4 is 11.8 Å². The van der Waals surface area contributed by atoms with Crippen molar-refractivity contribution in [3.63, 3.8) is 0 Å². The Morgan fingerprint density at radius 2 is 2.14 bits per heavy atom. The van der Waals surface area contributed by atoms with Gasteiger partial charge >= 0.3 is 0 Å². The molecular weight excluding hydrogens is 288 g/mol. The van der Waals surface area contributed by atoms with Crippen LogP contribution in [0.3, 0.4) is 0 Å². The van der Waals surface area contributed by atoms with Crippen LogP contribution in [0.4, 0.5) is 0 Å². The Labute approximate surface area is 126 Å². The van der Waals surface area contributed by atoms with Gasteiger partial charge in [-0.1, -0.05) is 12.1 Å².